The maximum absolute atomic E-state index is 12.9. The molecule has 1 aliphatic rings. The topological polar surface area (TPSA) is 85.2 Å². The van der Waals surface area contributed by atoms with Crippen LogP contribution in [0, 0.1) is 12.8 Å². The van der Waals surface area contributed by atoms with Gasteiger partial charge in [-0.25, -0.2) is 13.1 Å². The van der Waals surface area contributed by atoms with Gasteiger partial charge in [0.1, 0.15) is 4.90 Å². The van der Waals surface area contributed by atoms with E-state index < -0.39 is 10.0 Å². The highest BCUT2D eigenvalue weighted by atomic mass is 32.2. The predicted molar refractivity (Wildman–Crippen MR) is 97.2 cm³/mol. The number of hydrogen-bond acceptors (Lipinski definition) is 5. The largest absolute Gasteiger partial charge is 0.268 e. The van der Waals surface area contributed by atoms with Crippen molar-refractivity contribution < 1.29 is 8.42 Å². The Bertz CT molecular complexity index is 1130. The van der Waals surface area contributed by atoms with Crippen LogP contribution in [0.3, 0.4) is 0 Å². The Kier molecular flexibility index (Phi) is 4.08. The lowest BCUT2D eigenvalue weighted by atomic mass is 10.0. The summed E-state index contributed by atoms with van der Waals surface area (Å²) in [5, 5.41) is 5.00. The van der Waals surface area contributed by atoms with Crippen molar-refractivity contribution in [3.8, 4) is 0 Å². The minimum absolute atomic E-state index is 0.0692. The first-order valence-electron chi connectivity index (χ1n) is 8.34. The van der Waals surface area contributed by atoms with Gasteiger partial charge < -0.3 is 0 Å². The average molecular weight is 370 g/mol. The Morgan fingerprint density at radius 2 is 1.88 bits per heavy atom. The number of pyridine rings is 1. The Hall–Kier alpha value is -2.58. The van der Waals surface area contributed by atoms with E-state index in [1.165, 1.54) is 15.1 Å². The maximum Gasteiger partial charge on any atom is 0.266 e. The van der Waals surface area contributed by atoms with E-state index in [0.717, 1.165) is 11.1 Å². The van der Waals surface area contributed by atoms with Crippen molar-refractivity contribution in [3.05, 3.63) is 64.7 Å². The molecule has 2 aromatic heterocycles. The zero-order chi connectivity index (χ0) is 18.3. The van der Waals surface area contributed by atoms with Gasteiger partial charge in [0.25, 0.3) is 5.56 Å². The number of aromatic nitrogens is 3. The summed E-state index contributed by atoms with van der Waals surface area (Å²) in [6, 6.07) is 11.9. The fourth-order valence-corrected chi connectivity index (χ4v) is 4.94. The van der Waals surface area contributed by atoms with Crippen molar-refractivity contribution in [2.24, 2.45) is 5.92 Å². The number of fused-ring (bicyclic) bond motifs is 1. The summed E-state index contributed by atoms with van der Waals surface area (Å²) in [6.07, 6.45) is 1.59. The van der Waals surface area contributed by atoms with Gasteiger partial charge in [0.2, 0.25) is 10.0 Å². The highest BCUT2D eigenvalue weighted by molar-refractivity contribution is 7.89. The number of rotatable bonds is 4. The van der Waals surface area contributed by atoms with Crippen molar-refractivity contribution in [3.63, 3.8) is 0 Å². The Labute approximate surface area is 151 Å². The summed E-state index contributed by atoms with van der Waals surface area (Å²) in [7, 11) is -3.61. The van der Waals surface area contributed by atoms with Crippen molar-refractivity contribution in [1.29, 1.82) is 0 Å². The lowest BCUT2D eigenvalue weighted by molar-refractivity contribution is 0.172. The SMILES string of the molecule is Cc1ccc(=O)n(CC2CN(S(=O)(=O)c3cccc4cccnc34)C2)n1. The summed E-state index contributed by atoms with van der Waals surface area (Å²) < 4.78 is 28.7. The van der Waals surface area contributed by atoms with Crippen LogP contribution in [0.2, 0.25) is 0 Å². The fraction of sp³-hybridized carbons (Fsp3) is 0.278. The van der Waals surface area contributed by atoms with Crippen LogP contribution in [0.15, 0.2) is 58.4 Å². The molecule has 4 rings (SSSR count). The van der Waals surface area contributed by atoms with E-state index in [1.54, 1.807) is 30.5 Å². The number of para-hydroxylation sites is 1. The second kappa shape index (κ2) is 6.30. The van der Waals surface area contributed by atoms with Crippen molar-refractivity contribution in [2.45, 2.75) is 18.4 Å². The Balaban J connectivity index is 1.54. The van der Waals surface area contributed by atoms with Crippen LogP contribution in [-0.4, -0.2) is 40.6 Å². The molecule has 0 bridgehead atoms. The molecule has 1 saturated heterocycles. The van der Waals surface area contributed by atoms with Crippen LogP contribution in [-0.2, 0) is 16.6 Å². The molecule has 0 radical (unpaired) electrons. The molecule has 0 amide bonds. The first kappa shape index (κ1) is 16.9. The number of hydrogen-bond donors (Lipinski definition) is 0. The van der Waals surface area contributed by atoms with Crippen molar-refractivity contribution >= 4 is 20.9 Å². The first-order valence-corrected chi connectivity index (χ1v) is 9.78. The van der Waals surface area contributed by atoms with Crippen LogP contribution in [0.25, 0.3) is 10.9 Å². The molecule has 0 spiro atoms. The third-order valence-electron chi connectivity index (χ3n) is 4.57. The Morgan fingerprint density at radius 1 is 1.12 bits per heavy atom. The molecular weight excluding hydrogens is 352 g/mol. The molecule has 26 heavy (non-hydrogen) atoms. The van der Waals surface area contributed by atoms with Gasteiger partial charge in [0, 0.05) is 36.7 Å². The zero-order valence-corrected chi connectivity index (χ0v) is 15.1. The molecule has 0 saturated carbocycles. The Morgan fingerprint density at radius 3 is 2.69 bits per heavy atom. The van der Waals surface area contributed by atoms with Gasteiger partial charge in [-0.1, -0.05) is 18.2 Å². The molecule has 134 valence electrons. The number of sulfonamides is 1. The monoisotopic (exact) mass is 370 g/mol. The van der Waals surface area contributed by atoms with E-state index in [4.69, 9.17) is 0 Å². The number of benzene rings is 1. The van der Waals surface area contributed by atoms with Gasteiger partial charge in [-0.3, -0.25) is 9.78 Å². The molecule has 1 aromatic carbocycles. The summed E-state index contributed by atoms with van der Waals surface area (Å²) in [4.78, 5) is 16.3. The molecule has 0 atom stereocenters. The third kappa shape index (κ3) is 2.91. The highest BCUT2D eigenvalue weighted by Gasteiger charge is 2.38. The predicted octanol–water partition coefficient (Wildman–Crippen LogP) is 1.42. The molecule has 0 aliphatic carbocycles. The normalized spacial score (nSPS) is 15.9. The van der Waals surface area contributed by atoms with Crippen molar-refractivity contribution in [2.75, 3.05) is 13.1 Å². The van der Waals surface area contributed by atoms with Crippen LogP contribution < -0.4 is 5.56 Å². The number of nitrogens with zero attached hydrogens (tertiary/aromatic N) is 4. The molecule has 8 heteroatoms. The second-order valence-corrected chi connectivity index (χ2v) is 8.42. The molecule has 3 aromatic rings. The molecule has 7 nitrogen and oxygen atoms in total. The summed E-state index contributed by atoms with van der Waals surface area (Å²) in [5.74, 6) is 0.0692. The van der Waals surface area contributed by atoms with Crippen molar-refractivity contribution in [1.82, 2.24) is 19.1 Å². The standard InChI is InChI=1S/C18H18N4O3S/c1-13-7-8-17(23)22(20-13)12-14-10-21(11-14)26(24,25)16-6-2-4-15-5-3-9-19-18(15)16/h2-9,14H,10-12H2,1H3. The minimum Gasteiger partial charge on any atom is -0.268 e. The lowest BCUT2D eigenvalue weighted by Gasteiger charge is -2.38. The summed E-state index contributed by atoms with van der Waals surface area (Å²) in [6.45, 7) is 2.97. The highest BCUT2D eigenvalue weighted by Crippen LogP contribution is 2.29. The summed E-state index contributed by atoms with van der Waals surface area (Å²) >= 11 is 0. The quantitative estimate of drug-likeness (QED) is 0.693. The van der Waals surface area contributed by atoms with Gasteiger partial charge in [-0.2, -0.15) is 9.40 Å². The van der Waals surface area contributed by atoms with E-state index in [0.29, 0.717) is 25.2 Å². The van der Waals surface area contributed by atoms with Gasteiger partial charge in [-0.15, -0.1) is 0 Å². The van der Waals surface area contributed by atoms with E-state index in [9.17, 15) is 13.2 Å². The molecule has 0 N–H and O–H groups in total. The maximum atomic E-state index is 12.9. The van der Waals surface area contributed by atoms with E-state index in [1.807, 2.05) is 19.1 Å². The zero-order valence-electron chi connectivity index (χ0n) is 14.2. The van der Waals surface area contributed by atoms with E-state index in [-0.39, 0.29) is 16.4 Å². The smallest absolute Gasteiger partial charge is 0.266 e. The van der Waals surface area contributed by atoms with Crippen LogP contribution in [0.5, 0.6) is 0 Å². The lowest BCUT2D eigenvalue weighted by Crippen LogP contribution is -2.52. The molecule has 1 fully saturated rings. The minimum atomic E-state index is -3.61. The number of aryl methyl sites for hydroxylation is 1. The molecular formula is C18H18N4O3S. The van der Waals surface area contributed by atoms with Gasteiger partial charge in [0.15, 0.2) is 0 Å². The fourth-order valence-electron chi connectivity index (χ4n) is 3.18. The van der Waals surface area contributed by atoms with Gasteiger partial charge in [0.05, 0.1) is 17.8 Å². The second-order valence-electron chi connectivity index (χ2n) is 6.51. The molecule has 3 heterocycles. The molecule has 0 unspecified atom stereocenters. The third-order valence-corrected chi connectivity index (χ3v) is 6.43. The summed E-state index contributed by atoms with van der Waals surface area (Å²) in [5.41, 5.74) is 1.07. The molecule has 1 aliphatic heterocycles. The van der Waals surface area contributed by atoms with Gasteiger partial charge in [-0.05, 0) is 25.1 Å². The van der Waals surface area contributed by atoms with E-state index >= 15 is 0 Å². The van der Waals surface area contributed by atoms with Crippen LogP contribution in [0.1, 0.15) is 5.69 Å². The van der Waals surface area contributed by atoms with Crippen LogP contribution in [0.4, 0.5) is 0 Å². The first-order chi connectivity index (χ1) is 12.4. The van der Waals surface area contributed by atoms with E-state index in [2.05, 4.69) is 10.1 Å². The van der Waals surface area contributed by atoms with Crippen LogP contribution >= 0.6 is 0 Å². The average Bonchev–Trinajstić information content (AvgIpc) is 2.59. The van der Waals surface area contributed by atoms with Gasteiger partial charge >= 0.3 is 0 Å².